The van der Waals surface area contributed by atoms with Gasteiger partial charge in [0.2, 0.25) is 12.7 Å². The van der Waals surface area contributed by atoms with Crippen LogP contribution in [0, 0.1) is 0 Å². The van der Waals surface area contributed by atoms with Crippen LogP contribution in [0.4, 0.5) is 0 Å². The number of amides is 1. The fourth-order valence-electron chi connectivity index (χ4n) is 4.10. The van der Waals surface area contributed by atoms with Gasteiger partial charge < -0.3 is 19.5 Å². The third-order valence-electron chi connectivity index (χ3n) is 5.98. The van der Waals surface area contributed by atoms with Crippen molar-refractivity contribution in [3.05, 3.63) is 72.3 Å². The largest absolute Gasteiger partial charge is 0.497 e. The molecule has 0 aliphatic carbocycles. The summed E-state index contributed by atoms with van der Waals surface area (Å²) in [4.78, 5) is 12.5. The van der Waals surface area contributed by atoms with Gasteiger partial charge in [0.25, 0.3) is 0 Å². The van der Waals surface area contributed by atoms with E-state index in [1.807, 2.05) is 65.3 Å². The molecule has 0 fully saturated rings. The van der Waals surface area contributed by atoms with E-state index < -0.39 is 0 Å². The van der Waals surface area contributed by atoms with Crippen molar-refractivity contribution >= 4 is 17.1 Å². The van der Waals surface area contributed by atoms with Gasteiger partial charge in [0.05, 0.1) is 12.8 Å². The molecule has 1 aliphatic rings. The van der Waals surface area contributed by atoms with Crippen LogP contribution in [0.5, 0.6) is 17.2 Å². The minimum absolute atomic E-state index is 0.0633. The van der Waals surface area contributed by atoms with Crippen LogP contribution in [-0.2, 0) is 17.8 Å². The number of benzene rings is 2. The molecular weight excluding hydrogens is 448 g/mol. The molecule has 2 aromatic carbocycles. The maximum atomic E-state index is 12.5. The number of nitrogens with zero attached hydrogens (tertiary/aromatic N) is 5. The Morgan fingerprint density at radius 2 is 1.91 bits per heavy atom. The summed E-state index contributed by atoms with van der Waals surface area (Å²) in [5, 5.41) is 16.3. The van der Waals surface area contributed by atoms with Crippen LogP contribution in [0.2, 0.25) is 0 Å². The number of carbonyl (C=O) groups is 1. The molecule has 5 aromatic rings. The van der Waals surface area contributed by atoms with E-state index >= 15 is 0 Å². The lowest BCUT2D eigenvalue weighted by Crippen LogP contribution is -2.23. The van der Waals surface area contributed by atoms with Gasteiger partial charge in [-0.05, 0) is 48.0 Å². The molecule has 1 N–H and O–H groups in total. The highest BCUT2D eigenvalue weighted by Crippen LogP contribution is 2.32. The normalized spacial score (nSPS) is 12.4. The molecule has 0 bridgehead atoms. The Balaban J connectivity index is 1.14. The lowest BCUT2D eigenvalue weighted by molar-refractivity contribution is -0.121. The molecule has 0 unspecified atom stereocenters. The van der Waals surface area contributed by atoms with Crippen molar-refractivity contribution in [2.45, 2.75) is 19.4 Å². The number of ether oxygens (including phenoxy) is 3. The summed E-state index contributed by atoms with van der Waals surface area (Å²) < 4.78 is 19.6. The number of hydrogen-bond acceptors (Lipinski definition) is 7. The number of rotatable bonds is 7. The van der Waals surface area contributed by atoms with Gasteiger partial charge in [-0.1, -0.05) is 6.07 Å². The number of aryl methyl sites for hydroxylation is 1. The lowest BCUT2D eigenvalue weighted by Gasteiger charge is -2.06. The second-order valence-corrected chi connectivity index (χ2v) is 8.16. The summed E-state index contributed by atoms with van der Waals surface area (Å²) >= 11 is 0. The Kier molecular flexibility index (Phi) is 5.17. The van der Waals surface area contributed by atoms with Crippen LogP contribution in [0.3, 0.4) is 0 Å². The molecule has 10 nitrogen and oxygen atoms in total. The van der Waals surface area contributed by atoms with E-state index in [0.717, 1.165) is 33.8 Å². The van der Waals surface area contributed by atoms with Crippen LogP contribution in [-0.4, -0.2) is 44.0 Å². The number of fused-ring (bicyclic) bond motifs is 4. The SMILES string of the molecule is COc1ccc(-c2cc3c4nnc(CCC(=O)NCc5ccc6c(c5)OCO6)n4ccn3n2)cc1. The molecular formula is C25H22N6O4. The van der Waals surface area contributed by atoms with Crippen LogP contribution < -0.4 is 19.5 Å². The second kappa shape index (κ2) is 8.64. The number of nitrogens with one attached hydrogen (secondary N) is 1. The fraction of sp³-hybridized carbons (Fsp3) is 0.200. The molecule has 176 valence electrons. The first-order valence-corrected chi connectivity index (χ1v) is 11.2. The molecule has 1 amide bonds. The maximum Gasteiger partial charge on any atom is 0.231 e. The van der Waals surface area contributed by atoms with Gasteiger partial charge in [-0.2, -0.15) is 5.10 Å². The van der Waals surface area contributed by atoms with Gasteiger partial charge in [0.1, 0.15) is 17.1 Å². The Labute approximate surface area is 200 Å². The van der Waals surface area contributed by atoms with Crippen molar-refractivity contribution in [3.63, 3.8) is 0 Å². The molecule has 3 aromatic heterocycles. The average Bonchev–Trinajstić information content (AvgIpc) is 3.63. The van der Waals surface area contributed by atoms with E-state index in [9.17, 15) is 4.79 Å². The number of carbonyl (C=O) groups excluding carboxylic acids is 1. The van der Waals surface area contributed by atoms with Crippen LogP contribution in [0.15, 0.2) is 60.9 Å². The van der Waals surface area contributed by atoms with Crippen molar-refractivity contribution in [1.29, 1.82) is 0 Å². The Morgan fingerprint density at radius 3 is 2.77 bits per heavy atom. The van der Waals surface area contributed by atoms with E-state index in [0.29, 0.717) is 36.6 Å². The monoisotopic (exact) mass is 470 g/mol. The third-order valence-corrected chi connectivity index (χ3v) is 5.98. The topological polar surface area (TPSA) is 104 Å². The van der Waals surface area contributed by atoms with E-state index in [4.69, 9.17) is 14.2 Å². The van der Waals surface area contributed by atoms with Gasteiger partial charge in [0, 0.05) is 37.3 Å². The summed E-state index contributed by atoms with van der Waals surface area (Å²) in [5.74, 6) is 2.87. The molecule has 0 saturated carbocycles. The van der Waals surface area contributed by atoms with E-state index in [1.54, 1.807) is 11.6 Å². The zero-order chi connectivity index (χ0) is 23.8. The van der Waals surface area contributed by atoms with Gasteiger partial charge in [-0.25, -0.2) is 4.52 Å². The van der Waals surface area contributed by atoms with Crippen LogP contribution in [0.1, 0.15) is 17.8 Å². The fourth-order valence-corrected chi connectivity index (χ4v) is 4.10. The van der Waals surface area contributed by atoms with Crippen molar-refractivity contribution in [2.24, 2.45) is 0 Å². The number of hydrogen-bond donors (Lipinski definition) is 1. The Hall–Kier alpha value is -4.60. The summed E-state index contributed by atoms with van der Waals surface area (Å²) in [6.45, 7) is 0.645. The van der Waals surface area contributed by atoms with Crippen molar-refractivity contribution in [2.75, 3.05) is 13.9 Å². The molecule has 1 aliphatic heterocycles. The van der Waals surface area contributed by atoms with Gasteiger partial charge in [-0.15, -0.1) is 10.2 Å². The molecule has 6 rings (SSSR count). The van der Waals surface area contributed by atoms with Gasteiger partial charge >= 0.3 is 0 Å². The van der Waals surface area contributed by atoms with Crippen molar-refractivity contribution in [3.8, 4) is 28.5 Å². The van der Waals surface area contributed by atoms with Gasteiger partial charge in [0.15, 0.2) is 17.1 Å². The molecule has 35 heavy (non-hydrogen) atoms. The average molecular weight is 470 g/mol. The maximum absolute atomic E-state index is 12.5. The summed E-state index contributed by atoms with van der Waals surface area (Å²) in [7, 11) is 1.64. The zero-order valence-electron chi connectivity index (χ0n) is 19.0. The Morgan fingerprint density at radius 1 is 1.06 bits per heavy atom. The predicted molar refractivity (Wildman–Crippen MR) is 126 cm³/mol. The number of methoxy groups -OCH3 is 1. The van der Waals surface area contributed by atoms with Crippen LogP contribution in [0.25, 0.3) is 22.4 Å². The molecule has 0 radical (unpaired) electrons. The quantitative estimate of drug-likeness (QED) is 0.390. The third kappa shape index (κ3) is 3.99. The molecule has 0 atom stereocenters. The molecule has 0 saturated heterocycles. The highest BCUT2D eigenvalue weighted by molar-refractivity contribution is 5.77. The smallest absolute Gasteiger partial charge is 0.231 e. The minimum Gasteiger partial charge on any atom is -0.497 e. The standard InChI is InChI=1S/C25H22N6O4/c1-33-18-5-3-17(4-6-18)19-13-20-25-28-27-23(30(25)10-11-31(20)29-19)8-9-24(32)26-14-16-2-7-21-22(12-16)35-15-34-21/h2-7,10-13H,8-9,14-15H2,1H3,(H,26,32). The highest BCUT2D eigenvalue weighted by atomic mass is 16.7. The lowest BCUT2D eigenvalue weighted by atomic mass is 10.1. The first-order valence-electron chi connectivity index (χ1n) is 11.2. The van der Waals surface area contributed by atoms with E-state index in [-0.39, 0.29) is 12.7 Å². The van der Waals surface area contributed by atoms with Crippen molar-refractivity contribution < 1.29 is 19.0 Å². The van der Waals surface area contributed by atoms with E-state index in [2.05, 4.69) is 20.6 Å². The first kappa shape index (κ1) is 21.0. The summed E-state index contributed by atoms with van der Waals surface area (Å²) in [5.41, 5.74) is 4.28. The van der Waals surface area contributed by atoms with E-state index in [1.165, 1.54) is 0 Å². The molecule has 10 heteroatoms. The zero-order valence-corrected chi connectivity index (χ0v) is 19.0. The van der Waals surface area contributed by atoms with Crippen molar-refractivity contribution in [1.82, 2.24) is 29.5 Å². The molecule has 4 heterocycles. The Bertz CT molecular complexity index is 1540. The number of aromatic nitrogens is 5. The summed E-state index contributed by atoms with van der Waals surface area (Å²) in [6.07, 6.45) is 4.49. The predicted octanol–water partition coefficient (Wildman–Crippen LogP) is 3.03. The minimum atomic E-state index is -0.0633. The summed E-state index contributed by atoms with van der Waals surface area (Å²) in [6, 6.07) is 15.4. The van der Waals surface area contributed by atoms with Gasteiger partial charge in [-0.3, -0.25) is 9.20 Å². The first-order chi connectivity index (χ1) is 17.2. The molecule has 0 spiro atoms. The highest BCUT2D eigenvalue weighted by Gasteiger charge is 2.15. The van der Waals surface area contributed by atoms with Crippen LogP contribution >= 0.6 is 0 Å². The second-order valence-electron chi connectivity index (χ2n) is 8.16.